The molecule has 1 saturated heterocycles. The van der Waals surface area contributed by atoms with E-state index in [0.717, 1.165) is 41.7 Å². The standard InChI is InChI=1S/C16H20N4OS.ClH/c1-20-10-9-18-16(20)22-14-7-3-2-6-13(14)19-15(21)12-5-4-8-17-11-12;/h2-3,6-7,9-10,12,17H,4-5,8,11H2,1H3,(H,19,21);1H. The molecule has 0 radical (unpaired) electrons. The van der Waals surface area contributed by atoms with Crippen LogP contribution in [0.25, 0.3) is 0 Å². The van der Waals surface area contributed by atoms with E-state index in [2.05, 4.69) is 15.6 Å². The van der Waals surface area contributed by atoms with Gasteiger partial charge in [0.1, 0.15) is 0 Å². The number of hydrogen-bond donors (Lipinski definition) is 2. The number of rotatable bonds is 4. The average Bonchev–Trinajstić information content (AvgIpc) is 2.95. The fourth-order valence-corrected chi connectivity index (χ4v) is 3.41. The summed E-state index contributed by atoms with van der Waals surface area (Å²) in [4.78, 5) is 17.7. The van der Waals surface area contributed by atoms with Crippen molar-refractivity contribution in [3.05, 3.63) is 36.7 Å². The third-order valence-corrected chi connectivity index (χ3v) is 4.94. The molecule has 1 aliphatic rings. The number of nitrogens with zero attached hydrogens (tertiary/aromatic N) is 2. The van der Waals surface area contributed by atoms with Gasteiger partial charge in [-0.2, -0.15) is 0 Å². The van der Waals surface area contributed by atoms with Gasteiger partial charge in [0.25, 0.3) is 0 Å². The topological polar surface area (TPSA) is 59.0 Å². The Kier molecular flexibility index (Phi) is 6.50. The van der Waals surface area contributed by atoms with Crippen LogP contribution < -0.4 is 10.6 Å². The van der Waals surface area contributed by atoms with Gasteiger partial charge in [-0.25, -0.2) is 4.98 Å². The summed E-state index contributed by atoms with van der Waals surface area (Å²) in [5.74, 6) is 0.153. The van der Waals surface area contributed by atoms with Crippen molar-refractivity contribution in [2.24, 2.45) is 13.0 Å². The lowest BCUT2D eigenvalue weighted by Crippen LogP contribution is -2.37. The molecular formula is C16H21ClN4OS. The zero-order chi connectivity index (χ0) is 15.4. The molecule has 1 aromatic heterocycles. The number of carbonyl (C=O) groups excluding carboxylic acids is 1. The van der Waals surface area contributed by atoms with Gasteiger partial charge in [-0.1, -0.05) is 12.1 Å². The summed E-state index contributed by atoms with van der Waals surface area (Å²) in [6.07, 6.45) is 5.70. The minimum absolute atomic E-state index is 0. The van der Waals surface area contributed by atoms with Crippen molar-refractivity contribution in [3.8, 4) is 0 Å². The number of para-hydroxylation sites is 1. The van der Waals surface area contributed by atoms with E-state index in [9.17, 15) is 4.79 Å². The van der Waals surface area contributed by atoms with E-state index in [1.807, 2.05) is 42.1 Å². The van der Waals surface area contributed by atoms with Gasteiger partial charge >= 0.3 is 0 Å². The molecule has 0 spiro atoms. The number of amides is 1. The summed E-state index contributed by atoms with van der Waals surface area (Å²) >= 11 is 1.56. The zero-order valence-electron chi connectivity index (χ0n) is 13.0. The largest absolute Gasteiger partial charge is 0.329 e. The second-order valence-corrected chi connectivity index (χ2v) is 6.46. The Balaban J connectivity index is 0.00000192. The molecule has 0 saturated carbocycles. The van der Waals surface area contributed by atoms with Crippen LogP contribution in [-0.4, -0.2) is 28.5 Å². The molecule has 5 nitrogen and oxygen atoms in total. The van der Waals surface area contributed by atoms with Crippen molar-refractivity contribution in [1.82, 2.24) is 14.9 Å². The Labute approximate surface area is 146 Å². The van der Waals surface area contributed by atoms with Crippen LogP contribution >= 0.6 is 24.2 Å². The number of halogens is 1. The summed E-state index contributed by atoms with van der Waals surface area (Å²) in [5, 5.41) is 7.26. The van der Waals surface area contributed by atoms with E-state index in [0.29, 0.717) is 0 Å². The highest BCUT2D eigenvalue weighted by atomic mass is 35.5. The Hall–Kier alpha value is -1.50. The number of benzene rings is 1. The van der Waals surface area contributed by atoms with Gasteiger partial charge in [-0.05, 0) is 43.3 Å². The number of aromatic nitrogens is 2. The molecule has 3 rings (SSSR count). The second-order valence-electron chi connectivity index (χ2n) is 5.45. The van der Waals surface area contributed by atoms with E-state index < -0.39 is 0 Å². The van der Waals surface area contributed by atoms with Crippen molar-refractivity contribution in [2.75, 3.05) is 18.4 Å². The highest BCUT2D eigenvalue weighted by Gasteiger charge is 2.21. The molecule has 1 atom stereocenters. The lowest BCUT2D eigenvalue weighted by molar-refractivity contribution is -0.120. The number of hydrogen-bond acceptors (Lipinski definition) is 4. The van der Waals surface area contributed by atoms with E-state index >= 15 is 0 Å². The SMILES string of the molecule is Cl.Cn1ccnc1Sc1ccccc1NC(=O)C1CCCNC1. The van der Waals surface area contributed by atoms with Crippen LogP contribution in [0.2, 0.25) is 0 Å². The lowest BCUT2D eigenvalue weighted by Gasteiger charge is -2.22. The van der Waals surface area contributed by atoms with Crippen LogP contribution in [-0.2, 0) is 11.8 Å². The average molecular weight is 353 g/mol. The van der Waals surface area contributed by atoms with Crippen LogP contribution in [0.3, 0.4) is 0 Å². The molecule has 0 bridgehead atoms. The molecule has 0 aliphatic carbocycles. The molecular weight excluding hydrogens is 332 g/mol. The fourth-order valence-electron chi connectivity index (χ4n) is 2.52. The Morgan fingerprint density at radius 3 is 2.96 bits per heavy atom. The number of carbonyl (C=O) groups is 1. The third-order valence-electron chi connectivity index (χ3n) is 3.79. The van der Waals surface area contributed by atoms with Gasteiger partial charge < -0.3 is 15.2 Å². The minimum atomic E-state index is 0. The first-order valence-corrected chi connectivity index (χ1v) is 8.31. The van der Waals surface area contributed by atoms with Gasteiger partial charge in [-0.3, -0.25) is 4.79 Å². The Bertz CT molecular complexity index is 655. The van der Waals surface area contributed by atoms with Crippen molar-refractivity contribution in [1.29, 1.82) is 0 Å². The molecule has 2 heterocycles. The molecule has 1 unspecified atom stereocenters. The van der Waals surface area contributed by atoms with Crippen LogP contribution in [0.1, 0.15) is 12.8 Å². The molecule has 124 valence electrons. The maximum Gasteiger partial charge on any atom is 0.228 e. The van der Waals surface area contributed by atoms with Crippen LogP contribution in [0, 0.1) is 5.92 Å². The minimum Gasteiger partial charge on any atom is -0.329 e. The van der Waals surface area contributed by atoms with E-state index in [1.54, 1.807) is 18.0 Å². The van der Waals surface area contributed by atoms with Gasteiger partial charge in [0.2, 0.25) is 5.91 Å². The number of anilines is 1. The third kappa shape index (κ3) is 4.50. The fraction of sp³-hybridized carbons (Fsp3) is 0.375. The first kappa shape index (κ1) is 17.8. The molecule has 1 fully saturated rings. The number of imidazole rings is 1. The molecule has 2 N–H and O–H groups in total. The molecule has 1 amide bonds. The monoisotopic (exact) mass is 352 g/mol. The maximum absolute atomic E-state index is 12.4. The summed E-state index contributed by atoms with van der Waals surface area (Å²) in [6.45, 7) is 1.77. The molecule has 2 aromatic rings. The molecule has 7 heteroatoms. The molecule has 23 heavy (non-hydrogen) atoms. The van der Waals surface area contributed by atoms with Crippen molar-refractivity contribution >= 4 is 35.8 Å². The first-order valence-electron chi connectivity index (χ1n) is 7.50. The van der Waals surface area contributed by atoms with Gasteiger partial charge in [0, 0.05) is 30.9 Å². The van der Waals surface area contributed by atoms with Crippen molar-refractivity contribution in [3.63, 3.8) is 0 Å². The number of piperidine rings is 1. The highest BCUT2D eigenvalue weighted by Crippen LogP contribution is 2.32. The highest BCUT2D eigenvalue weighted by molar-refractivity contribution is 7.99. The maximum atomic E-state index is 12.4. The second kappa shape index (κ2) is 8.38. The van der Waals surface area contributed by atoms with Crippen molar-refractivity contribution < 1.29 is 4.79 Å². The van der Waals surface area contributed by atoms with Gasteiger partial charge in [0.05, 0.1) is 11.6 Å². The summed E-state index contributed by atoms with van der Waals surface area (Å²) in [6, 6.07) is 7.87. The lowest BCUT2D eigenvalue weighted by atomic mass is 9.99. The quantitative estimate of drug-likeness (QED) is 0.888. The predicted octanol–water partition coefficient (Wildman–Crippen LogP) is 2.93. The van der Waals surface area contributed by atoms with E-state index in [-0.39, 0.29) is 24.2 Å². The normalized spacial score (nSPS) is 17.3. The van der Waals surface area contributed by atoms with Crippen molar-refractivity contribution in [2.45, 2.75) is 22.9 Å². The number of nitrogens with one attached hydrogen (secondary N) is 2. The van der Waals surface area contributed by atoms with Gasteiger partial charge in [0.15, 0.2) is 5.16 Å². The van der Waals surface area contributed by atoms with E-state index in [1.165, 1.54) is 0 Å². The van der Waals surface area contributed by atoms with Gasteiger partial charge in [-0.15, -0.1) is 12.4 Å². The number of aryl methyl sites for hydroxylation is 1. The first-order chi connectivity index (χ1) is 10.7. The van der Waals surface area contributed by atoms with E-state index in [4.69, 9.17) is 0 Å². The van der Waals surface area contributed by atoms with Crippen LogP contribution in [0.5, 0.6) is 0 Å². The smallest absolute Gasteiger partial charge is 0.228 e. The van der Waals surface area contributed by atoms with Crippen LogP contribution in [0.15, 0.2) is 46.7 Å². The molecule has 1 aromatic carbocycles. The summed E-state index contributed by atoms with van der Waals surface area (Å²) in [5.41, 5.74) is 0.853. The van der Waals surface area contributed by atoms with Crippen LogP contribution in [0.4, 0.5) is 5.69 Å². The summed E-state index contributed by atoms with van der Waals surface area (Å²) < 4.78 is 1.97. The molecule has 1 aliphatic heterocycles. The summed E-state index contributed by atoms with van der Waals surface area (Å²) in [7, 11) is 1.96. The zero-order valence-corrected chi connectivity index (χ0v) is 14.6. The predicted molar refractivity (Wildman–Crippen MR) is 95.2 cm³/mol. The Morgan fingerprint density at radius 2 is 2.26 bits per heavy atom. The Morgan fingerprint density at radius 1 is 1.43 bits per heavy atom.